The van der Waals surface area contributed by atoms with E-state index in [2.05, 4.69) is 15.5 Å². The predicted octanol–water partition coefficient (Wildman–Crippen LogP) is 4.69. The van der Waals surface area contributed by atoms with Gasteiger partial charge in [0, 0.05) is 0 Å². The smallest absolute Gasteiger partial charge is 0.284 e. The minimum Gasteiger partial charge on any atom is -0.485 e. The third-order valence-corrected chi connectivity index (χ3v) is 6.20. The average Bonchev–Trinajstić information content (AvgIpc) is 3.22. The molecule has 0 unspecified atom stereocenters. The second-order valence-electron chi connectivity index (χ2n) is 7.30. The second-order valence-corrected chi connectivity index (χ2v) is 8.35. The third-order valence-electron chi connectivity index (χ3n) is 5.14. The molecule has 0 saturated heterocycles. The molecular formula is C23H21N3O4S. The number of benzene rings is 2. The fourth-order valence-corrected chi connectivity index (χ4v) is 4.57. The van der Waals surface area contributed by atoms with Crippen molar-refractivity contribution in [2.75, 3.05) is 6.61 Å². The molecule has 1 aromatic heterocycles. The number of hydrogen-bond donors (Lipinski definition) is 1. The van der Waals surface area contributed by atoms with Crippen LogP contribution in [-0.2, 0) is 4.79 Å². The summed E-state index contributed by atoms with van der Waals surface area (Å²) in [6.07, 6.45) is 5.02. The summed E-state index contributed by atoms with van der Waals surface area (Å²) in [5.74, 6) is 0.864. The number of rotatable bonds is 5. The summed E-state index contributed by atoms with van der Waals surface area (Å²) >= 11 is 1.53. The van der Waals surface area contributed by atoms with Crippen LogP contribution in [0.5, 0.6) is 11.5 Å². The van der Waals surface area contributed by atoms with Gasteiger partial charge >= 0.3 is 0 Å². The van der Waals surface area contributed by atoms with E-state index in [0.29, 0.717) is 16.7 Å². The molecule has 0 saturated carbocycles. The zero-order valence-corrected chi connectivity index (χ0v) is 17.6. The number of fused-ring (bicyclic) bond motifs is 2. The lowest BCUT2D eigenvalue weighted by Crippen LogP contribution is -2.42. The van der Waals surface area contributed by atoms with Crippen LogP contribution in [0.2, 0.25) is 0 Å². The molecule has 2 aromatic carbocycles. The van der Waals surface area contributed by atoms with Crippen LogP contribution in [0.15, 0.2) is 73.8 Å². The van der Waals surface area contributed by atoms with Crippen molar-refractivity contribution < 1.29 is 18.7 Å². The first-order valence-corrected chi connectivity index (χ1v) is 11.0. The number of nitrogens with zero attached hydrogens (tertiary/aromatic N) is 2. The van der Waals surface area contributed by atoms with Crippen molar-refractivity contribution in [3.8, 4) is 11.5 Å². The summed E-state index contributed by atoms with van der Waals surface area (Å²) in [5, 5.41) is 4.80. The van der Waals surface area contributed by atoms with E-state index in [1.807, 2.05) is 42.5 Å². The molecular weight excluding hydrogens is 414 g/mol. The maximum atomic E-state index is 12.4. The molecule has 31 heavy (non-hydrogen) atoms. The van der Waals surface area contributed by atoms with E-state index in [0.717, 1.165) is 42.4 Å². The summed E-state index contributed by atoms with van der Waals surface area (Å²) in [4.78, 5) is 18.2. The van der Waals surface area contributed by atoms with Gasteiger partial charge in [-0.05, 0) is 72.2 Å². The normalized spacial score (nSPS) is 18.5. The van der Waals surface area contributed by atoms with Gasteiger partial charge in [-0.25, -0.2) is 10.4 Å². The number of amides is 1. The van der Waals surface area contributed by atoms with Crippen LogP contribution in [0.4, 0.5) is 0 Å². The second kappa shape index (κ2) is 8.85. The van der Waals surface area contributed by atoms with E-state index in [1.165, 1.54) is 16.7 Å². The number of para-hydroxylation sites is 4. The van der Waals surface area contributed by atoms with Gasteiger partial charge in [0.25, 0.3) is 11.1 Å². The van der Waals surface area contributed by atoms with Gasteiger partial charge in [0.2, 0.25) is 6.10 Å². The molecule has 7 nitrogen and oxygen atoms in total. The number of hydrazone groups is 1. The number of oxazole rings is 1. The Labute approximate surface area is 183 Å². The van der Waals surface area contributed by atoms with Gasteiger partial charge in [-0.1, -0.05) is 24.3 Å². The fraction of sp³-hybridized carbons (Fsp3) is 0.261. The molecule has 0 radical (unpaired) electrons. The van der Waals surface area contributed by atoms with E-state index >= 15 is 0 Å². The van der Waals surface area contributed by atoms with Gasteiger partial charge in [-0.2, -0.15) is 5.10 Å². The van der Waals surface area contributed by atoms with E-state index in [1.54, 1.807) is 12.3 Å². The number of thioether (sulfide) groups is 1. The number of allylic oxidation sites excluding steroid dienone is 2. The van der Waals surface area contributed by atoms with Gasteiger partial charge < -0.3 is 13.9 Å². The van der Waals surface area contributed by atoms with Gasteiger partial charge in [-0.3, -0.25) is 4.79 Å². The lowest BCUT2D eigenvalue weighted by Gasteiger charge is -2.24. The molecule has 1 aliphatic carbocycles. The number of hydrogen-bond acceptors (Lipinski definition) is 7. The first-order valence-electron chi connectivity index (χ1n) is 10.2. The highest BCUT2D eigenvalue weighted by Crippen LogP contribution is 2.37. The van der Waals surface area contributed by atoms with Crippen molar-refractivity contribution in [2.24, 2.45) is 5.10 Å². The molecule has 0 fully saturated rings. The summed E-state index contributed by atoms with van der Waals surface area (Å²) in [6.45, 7) is 0.153. The van der Waals surface area contributed by atoms with Gasteiger partial charge in [0.15, 0.2) is 17.1 Å². The number of carbonyl (C=O) groups is 1. The Kier molecular flexibility index (Phi) is 5.62. The van der Waals surface area contributed by atoms with Crippen molar-refractivity contribution in [2.45, 2.75) is 37.0 Å². The lowest BCUT2D eigenvalue weighted by molar-refractivity contribution is -0.130. The minimum atomic E-state index is -0.735. The van der Waals surface area contributed by atoms with Crippen LogP contribution in [0.1, 0.15) is 25.7 Å². The Balaban J connectivity index is 1.25. The number of ether oxygens (including phenoxy) is 2. The molecule has 1 N–H and O–H groups in total. The predicted molar refractivity (Wildman–Crippen MR) is 118 cm³/mol. The molecule has 2 aliphatic rings. The molecule has 2 heterocycles. The highest BCUT2D eigenvalue weighted by Gasteiger charge is 2.27. The molecule has 3 aromatic rings. The van der Waals surface area contributed by atoms with Crippen LogP contribution < -0.4 is 14.9 Å². The molecule has 1 amide bonds. The summed E-state index contributed by atoms with van der Waals surface area (Å²) in [6, 6.07) is 15.0. The number of aromatic nitrogens is 1. The largest absolute Gasteiger partial charge is 0.485 e. The van der Waals surface area contributed by atoms with Gasteiger partial charge in [0.1, 0.15) is 12.1 Å². The van der Waals surface area contributed by atoms with Crippen LogP contribution in [-0.4, -0.2) is 29.8 Å². The SMILES string of the molecule is O=C(N/N=C\C1=C(Sc2nc3ccccc3o2)CCCC1)[C@@H]1COc2ccccc2O1. The van der Waals surface area contributed by atoms with Gasteiger partial charge in [-0.15, -0.1) is 0 Å². The Hall–Kier alpha value is -3.26. The zero-order chi connectivity index (χ0) is 21.0. The first kappa shape index (κ1) is 19.7. The topological polar surface area (TPSA) is 86.0 Å². The zero-order valence-electron chi connectivity index (χ0n) is 16.7. The quantitative estimate of drug-likeness (QED) is 0.462. The van der Waals surface area contributed by atoms with E-state index < -0.39 is 6.10 Å². The van der Waals surface area contributed by atoms with Crippen molar-refractivity contribution in [3.05, 3.63) is 59.0 Å². The van der Waals surface area contributed by atoms with Crippen molar-refractivity contribution in [1.82, 2.24) is 10.4 Å². The molecule has 1 atom stereocenters. The summed E-state index contributed by atoms with van der Waals surface area (Å²) < 4.78 is 17.2. The Morgan fingerprint density at radius 2 is 1.90 bits per heavy atom. The van der Waals surface area contributed by atoms with E-state index in [-0.39, 0.29) is 12.5 Å². The fourth-order valence-electron chi connectivity index (χ4n) is 3.55. The van der Waals surface area contributed by atoms with Crippen LogP contribution in [0.3, 0.4) is 0 Å². The summed E-state index contributed by atoms with van der Waals surface area (Å²) in [7, 11) is 0. The molecule has 0 bridgehead atoms. The van der Waals surface area contributed by atoms with Crippen LogP contribution in [0.25, 0.3) is 11.1 Å². The van der Waals surface area contributed by atoms with Crippen LogP contribution in [0, 0.1) is 0 Å². The molecule has 5 rings (SSSR count). The van der Waals surface area contributed by atoms with Crippen molar-refractivity contribution in [1.29, 1.82) is 0 Å². The summed E-state index contributed by atoms with van der Waals surface area (Å²) in [5.41, 5.74) is 5.29. The number of carbonyl (C=O) groups excluding carboxylic acids is 1. The monoisotopic (exact) mass is 435 g/mol. The molecule has 8 heteroatoms. The number of nitrogens with one attached hydrogen (secondary N) is 1. The maximum absolute atomic E-state index is 12.4. The average molecular weight is 436 g/mol. The van der Waals surface area contributed by atoms with Crippen molar-refractivity contribution >= 4 is 35.0 Å². The molecule has 1 aliphatic heterocycles. The highest BCUT2D eigenvalue weighted by molar-refractivity contribution is 8.02. The van der Waals surface area contributed by atoms with Crippen molar-refractivity contribution in [3.63, 3.8) is 0 Å². The Morgan fingerprint density at radius 1 is 1.10 bits per heavy atom. The molecule has 158 valence electrons. The maximum Gasteiger partial charge on any atom is 0.284 e. The Bertz CT molecular complexity index is 1140. The lowest BCUT2D eigenvalue weighted by atomic mass is 10.0. The van der Waals surface area contributed by atoms with E-state index in [4.69, 9.17) is 13.9 Å². The minimum absolute atomic E-state index is 0.153. The Morgan fingerprint density at radius 3 is 2.81 bits per heavy atom. The highest BCUT2D eigenvalue weighted by atomic mass is 32.2. The third kappa shape index (κ3) is 4.44. The van der Waals surface area contributed by atoms with E-state index in [9.17, 15) is 4.79 Å². The standard InChI is InChI=1S/C23H21N3O4S/c27-22(20-14-28-18-10-4-5-11-19(18)29-20)26-24-13-15-7-1-6-12-21(15)31-23-25-16-8-2-3-9-17(16)30-23/h2-5,8-11,13,20H,1,6-7,12,14H2,(H,26,27)/b24-13-/t20-/m0/s1. The van der Waals surface area contributed by atoms with Crippen LogP contribution >= 0.6 is 11.8 Å². The first-order chi connectivity index (χ1) is 15.3. The molecule has 0 spiro atoms. The van der Waals surface area contributed by atoms with Gasteiger partial charge in [0.05, 0.1) is 6.21 Å².